The van der Waals surface area contributed by atoms with E-state index in [1.54, 1.807) is 6.07 Å². The van der Waals surface area contributed by atoms with Gasteiger partial charge in [0.2, 0.25) is 0 Å². The fourth-order valence-corrected chi connectivity index (χ4v) is 1.90. The molecule has 7 heteroatoms. The van der Waals surface area contributed by atoms with Crippen molar-refractivity contribution in [2.75, 3.05) is 32.5 Å². The van der Waals surface area contributed by atoms with Gasteiger partial charge in [0.05, 0.1) is 10.4 Å². The Morgan fingerprint density at radius 3 is 2.85 bits per heavy atom. The number of nitrogens with zero attached hydrogens (tertiary/aromatic N) is 4. The molecule has 2 rings (SSSR count). The number of hydrogen-bond donors (Lipinski definition) is 1. The molecular weight excluding hydrogens is 258 g/mol. The van der Waals surface area contributed by atoms with E-state index in [4.69, 9.17) is 0 Å². The number of fused-ring (bicyclic) bond motifs is 1. The lowest BCUT2D eigenvalue weighted by Crippen LogP contribution is -2.16. The average molecular weight is 275 g/mol. The summed E-state index contributed by atoms with van der Waals surface area (Å²) >= 11 is 0. The van der Waals surface area contributed by atoms with Crippen LogP contribution >= 0.6 is 0 Å². The Balaban J connectivity index is 2.19. The number of nitro groups is 1. The van der Waals surface area contributed by atoms with E-state index in [1.165, 1.54) is 18.5 Å². The summed E-state index contributed by atoms with van der Waals surface area (Å²) in [7, 11) is 4.03. The molecule has 106 valence electrons. The summed E-state index contributed by atoms with van der Waals surface area (Å²) in [6.07, 6.45) is 2.43. The van der Waals surface area contributed by atoms with E-state index in [-0.39, 0.29) is 5.69 Å². The molecule has 1 aromatic carbocycles. The number of anilines is 1. The molecule has 0 aliphatic carbocycles. The van der Waals surface area contributed by atoms with Crippen molar-refractivity contribution < 1.29 is 4.92 Å². The Bertz CT molecular complexity index is 615. The normalized spacial score (nSPS) is 10.9. The molecule has 0 aliphatic rings. The molecule has 2 aromatic rings. The van der Waals surface area contributed by atoms with Gasteiger partial charge in [0, 0.05) is 24.1 Å². The number of nitrogens with one attached hydrogen (secondary N) is 1. The van der Waals surface area contributed by atoms with Crippen LogP contribution in [0.1, 0.15) is 6.42 Å². The molecule has 0 unspecified atom stereocenters. The smallest absolute Gasteiger partial charge is 0.270 e. The number of hydrogen-bond acceptors (Lipinski definition) is 6. The Kier molecular flexibility index (Phi) is 4.41. The summed E-state index contributed by atoms with van der Waals surface area (Å²) < 4.78 is 0. The zero-order valence-corrected chi connectivity index (χ0v) is 11.5. The van der Waals surface area contributed by atoms with Gasteiger partial charge in [0.1, 0.15) is 12.1 Å². The molecule has 0 aliphatic heterocycles. The molecule has 0 fully saturated rings. The van der Waals surface area contributed by atoms with Gasteiger partial charge >= 0.3 is 0 Å². The zero-order valence-electron chi connectivity index (χ0n) is 11.5. The second-order valence-electron chi connectivity index (χ2n) is 4.76. The van der Waals surface area contributed by atoms with Crippen molar-refractivity contribution in [1.29, 1.82) is 0 Å². The minimum Gasteiger partial charge on any atom is -0.369 e. The maximum atomic E-state index is 10.8. The van der Waals surface area contributed by atoms with E-state index in [2.05, 4.69) is 20.2 Å². The molecule has 7 nitrogen and oxygen atoms in total. The van der Waals surface area contributed by atoms with Gasteiger partial charge in [-0.15, -0.1) is 0 Å². The van der Waals surface area contributed by atoms with Crippen molar-refractivity contribution in [1.82, 2.24) is 14.9 Å². The van der Waals surface area contributed by atoms with Gasteiger partial charge in [0.15, 0.2) is 0 Å². The molecule has 1 aromatic heterocycles. The van der Waals surface area contributed by atoms with Crippen LogP contribution in [-0.2, 0) is 0 Å². The standard InChI is InChI=1S/C13H17N5O2/c1-17(2)7-3-6-14-13-11-8-10(18(19)20)4-5-12(11)15-9-16-13/h4-5,8-9H,3,6-7H2,1-2H3,(H,14,15,16). The third-order valence-corrected chi connectivity index (χ3v) is 2.90. The van der Waals surface area contributed by atoms with Gasteiger partial charge in [-0.3, -0.25) is 10.1 Å². The van der Waals surface area contributed by atoms with Crippen LogP contribution < -0.4 is 5.32 Å². The molecule has 0 radical (unpaired) electrons. The maximum Gasteiger partial charge on any atom is 0.270 e. The van der Waals surface area contributed by atoms with Crippen LogP contribution in [0.15, 0.2) is 24.5 Å². The number of nitro benzene ring substituents is 1. The van der Waals surface area contributed by atoms with Crippen molar-refractivity contribution >= 4 is 22.4 Å². The molecule has 0 amide bonds. The minimum atomic E-state index is -0.414. The van der Waals surface area contributed by atoms with Gasteiger partial charge in [-0.2, -0.15) is 0 Å². The first-order valence-electron chi connectivity index (χ1n) is 6.35. The summed E-state index contributed by atoms with van der Waals surface area (Å²) in [6, 6.07) is 4.59. The zero-order chi connectivity index (χ0) is 14.5. The molecule has 0 spiro atoms. The van der Waals surface area contributed by atoms with Gasteiger partial charge < -0.3 is 10.2 Å². The van der Waals surface area contributed by atoms with E-state index >= 15 is 0 Å². The lowest BCUT2D eigenvalue weighted by Gasteiger charge is -2.11. The van der Waals surface area contributed by atoms with Crippen LogP contribution in [-0.4, -0.2) is 47.0 Å². The Morgan fingerprint density at radius 2 is 2.15 bits per heavy atom. The number of non-ortho nitro benzene ring substituents is 1. The van der Waals surface area contributed by atoms with Gasteiger partial charge in [-0.25, -0.2) is 9.97 Å². The van der Waals surface area contributed by atoms with Crippen molar-refractivity contribution in [3.63, 3.8) is 0 Å². The molecule has 20 heavy (non-hydrogen) atoms. The molecule has 1 heterocycles. The topological polar surface area (TPSA) is 84.2 Å². The van der Waals surface area contributed by atoms with Crippen LogP contribution in [0, 0.1) is 10.1 Å². The van der Waals surface area contributed by atoms with Gasteiger partial charge in [0.25, 0.3) is 5.69 Å². The third kappa shape index (κ3) is 3.39. The Labute approximate surface area is 116 Å². The van der Waals surface area contributed by atoms with Crippen LogP contribution in [0.5, 0.6) is 0 Å². The lowest BCUT2D eigenvalue weighted by atomic mass is 10.2. The summed E-state index contributed by atoms with van der Waals surface area (Å²) in [4.78, 5) is 20.8. The summed E-state index contributed by atoms with van der Waals surface area (Å²) in [5.74, 6) is 0.637. The number of benzene rings is 1. The maximum absolute atomic E-state index is 10.8. The van der Waals surface area contributed by atoms with E-state index in [0.29, 0.717) is 16.7 Å². The largest absolute Gasteiger partial charge is 0.369 e. The second kappa shape index (κ2) is 6.25. The average Bonchev–Trinajstić information content (AvgIpc) is 2.42. The highest BCUT2D eigenvalue weighted by molar-refractivity contribution is 5.90. The first-order valence-corrected chi connectivity index (χ1v) is 6.35. The quantitative estimate of drug-likeness (QED) is 0.492. The van der Waals surface area contributed by atoms with Crippen molar-refractivity contribution in [3.8, 4) is 0 Å². The Hall–Kier alpha value is -2.28. The minimum absolute atomic E-state index is 0.0450. The van der Waals surface area contributed by atoms with Crippen molar-refractivity contribution in [2.45, 2.75) is 6.42 Å². The third-order valence-electron chi connectivity index (χ3n) is 2.90. The number of rotatable bonds is 6. The second-order valence-corrected chi connectivity index (χ2v) is 4.76. The fourth-order valence-electron chi connectivity index (χ4n) is 1.90. The molecular formula is C13H17N5O2. The predicted octanol–water partition coefficient (Wildman–Crippen LogP) is 1.90. The van der Waals surface area contributed by atoms with E-state index in [0.717, 1.165) is 19.5 Å². The molecule has 1 N–H and O–H groups in total. The first-order chi connectivity index (χ1) is 9.58. The van der Waals surface area contributed by atoms with E-state index < -0.39 is 4.92 Å². The van der Waals surface area contributed by atoms with Crippen LogP contribution in [0.2, 0.25) is 0 Å². The molecule has 0 atom stereocenters. The van der Waals surface area contributed by atoms with Crippen LogP contribution in [0.3, 0.4) is 0 Å². The van der Waals surface area contributed by atoms with Gasteiger partial charge in [-0.1, -0.05) is 0 Å². The van der Waals surface area contributed by atoms with E-state index in [1.807, 2.05) is 14.1 Å². The van der Waals surface area contributed by atoms with Crippen LogP contribution in [0.4, 0.5) is 11.5 Å². The highest BCUT2D eigenvalue weighted by Crippen LogP contribution is 2.24. The highest BCUT2D eigenvalue weighted by Gasteiger charge is 2.10. The summed E-state index contributed by atoms with van der Waals surface area (Å²) in [5.41, 5.74) is 0.740. The SMILES string of the molecule is CN(C)CCCNc1ncnc2ccc([N+](=O)[O-])cc12. The Morgan fingerprint density at radius 1 is 1.35 bits per heavy atom. The number of aromatic nitrogens is 2. The molecule has 0 saturated carbocycles. The van der Waals surface area contributed by atoms with Crippen molar-refractivity contribution in [2.24, 2.45) is 0 Å². The van der Waals surface area contributed by atoms with E-state index in [9.17, 15) is 10.1 Å². The lowest BCUT2D eigenvalue weighted by molar-refractivity contribution is -0.384. The fraction of sp³-hybridized carbons (Fsp3) is 0.385. The first kappa shape index (κ1) is 14.1. The summed E-state index contributed by atoms with van der Waals surface area (Å²) in [5, 5.41) is 14.7. The highest BCUT2D eigenvalue weighted by atomic mass is 16.6. The predicted molar refractivity (Wildman–Crippen MR) is 77.9 cm³/mol. The van der Waals surface area contributed by atoms with Gasteiger partial charge in [-0.05, 0) is 33.1 Å². The molecule has 0 saturated heterocycles. The monoisotopic (exact) mass is 275 g/mol. The van der Waals surface area contributed by atoms with Crippen molar-refractivity contribution in [3.05, 3.63) is 34.6 Å². The summed E-state index contributed by atoms with van der Waals surface area (Å²) in [6.45, 7) is 1.73. The van der Waals surface area contributed by atoms with Crippen LogP contribution in [0.25, 0.3) is 10.9 Å². The molecule has 0 bridgehead atoms.